The van der Waals surface area contributed by atoms with E-state index in [1.807, 2.05) is 0 Å². The van der Waals surface area contributed by atoms with Crippen LogP contribution in [-0.2, 0) is 11.0 Å². The van der Waals surface area contributed by atoms with Gasteiger partial charge in [-0.15, -0.1) is 0 Å². The molecule has 0 aliphatic heterocycles. The topological polar surface area (TPSA) is 58.6 Å². The molecule has 22 heavy (non-hydrogen) atoms. The van der Waals surface area contributed by atoms with Gasteiger partial charge in [0, 0.05) is 6.04 Å². The van der Waals surface area contributed by atoms with E-state index in [9.17, 15) is 23.1 Å². The first-order valence-corrected chi connectivity index (χ1v) is 7.12. The highest BCUT2D eigenvalue weighted by molar-refractivity contribution is 5.77. The molecule has 1 saturated carbocycles. The summed E-state index contributed by atoms with van der Waals surface area (Å²) < 4.78 is 42.8. The smallest absolute Gasteiger partial charge is 0.416 e. The first-order chi connectivity index (χ1) is 10.3. The molecule has 2 rings (SSSR count). The minimum Gasteiger partial charge on any atom is -0.484 e. The SMILES string of the molecule is O=C(COc1cccc(C(F)(F)F)c1)NC1CCC(O)CC1. The number of ether oxygens (including phenoxy) is 1. The van der Waals surface area contributed by atoms with Crippen molar-refractivity contribution in [3.05, 3.63) is 29.8 Å². The highest BCUT2D eigenvalue weighted by Crippen LogP contribution is 2.31. The third-order valence-electron chi connectivity index (χ3n) is 3.59. The Morgan fingerprint density at radius 2 is 1.95 bits per heavy atom. The van der Waals surface area contributed by atoms with Gasteiger partial charge in [-0.3, -0.25) is 4.79 Å². The van der Waals surface area contributed by atoms with Crippen LogP contribution in [0.1, 0.15) is 31.2 Å². The van der Waals surface area contributed by atoms with Crippen LogP contribution in [0.15, 0.2) is 24.3 Å². The fourth-order valence-corrected chi connectivity index (χ4v) is 2.40. The number of alkyl halides is 3. The van der Waals surface area contributed by atoms with E-state index in [0.717, 1.165) is 12.1 Å². The molecule has 7 heteroatoms. The molecule has 2 N–H and O–H groups in total. The number of aliphatic hydroxyl groups is 1. The standard InChI is InChI=1S/C15H18F3NO3/c16-15(17,18)10-2-1-3-13(8-10)22-9-14(21)19-11-4-6-12(20)7-5-11/h1-3,8,11-12,20H,4-7,9H2,(H,19,21). The molecule has 1 amide bonds. The van der Waals surface area contributed by atoms with Gasteiger partial charge in [0.1, 0.15) is 5.75 Å². The molecule has 1 aliphatic carbocycles. The first kappa shape index (κ1) is 16.6. The summed E-state index contributed by atoms with van der Waals surface area (Å²) >= 11 is 0. The molecule has 0 atom stereocenters. The van der Waals surface area contributed by atoms with Crippen molar-refractivity contribution in [3.8, 4) is 5.75 Å². The molecule has 1 aliphatic rings. The highest BCUT2D eigenvalue weighted by atomic mass is 19.4. The van der Waals surface area contributed by atoms with Crippen LogP contribution in [0, 0.1) is 0 Å². The van der Waals surface area contributed by atoms with Gasteiger partial charge in [-0.05, 0) is 43.9 Å². The van der Waals surface area contributed by atoms with Crippen LogP contribution in [0.5, 0.6) is 5.75 Å². The van der Waals surface area contributed by atoms with E-state index in [-0.39, 0.29) is 30.4 Å². The van der Waals surface area contributed by atoms with E-state index < -0.39 is 11.7 Å². The number of carbonyl (C=O) groups is 1. The molecule has 0 radical (unpaired) electrons. The lowest BCUT2D eigenvalue weighted by Gasteiger charge is -2.26. The predicted molar refractivity (Wildman–Crippen MR) is 73.3 cm³/mol. The zero-order valence-electron chi connectivity index (χ0n) is 11.9. The maximum atomic E-state index is 12.6. The lowest BCUT2D eigenvalue weighted by atomic mass is 9.93. The highest BCUT2D eigenvalue weighted by Gasteiger charge is 2.30. The average molecular weight is 317 g/mol. The number of carbonyl (C=O) groups excluding carboxylic acids is 1. The molecular formula is C15H18F3NO3. The molecule has 0 unspecified atom stereocenters. The van der Waals surface area contributed by atoms with Crippen LogP contribution in [0.3, 0.4) is 0 Å². The van der Waals surface area contributed by atoms with Gasteiger partial charge in [-0.25, -0.2) is 0 Å². The Labute approximate surface area is 126 Å². The summed E-state index contributed by atoms with van der Waals surface area (Å²) in [4.78, 5) is 11.7. The van der Waals surface area contributed by atoms with Crippen LogP contribution in [-0.4, -0.2) is 29.8 Å². The summed E-state index contributed by atoms with van der Waals surface area (Å²) in [5, 5.41) is 12.1. The van der Waals surface area contributed by atoms with Gasteiger partial charge >= 0.3 is 6.18 Å². The zero-order chi connectivity index (χ0) is 16.2. The van der Waals surface area contributed by atoms with E-state index >= 15 is 0 Å². The zero-order valence-corrected chi connectivity index (χ0v) is 11.9. The Bertz CT molecular complexity index is 511. The van der Waals surface area contributed by atoms with E-state index in [1.54, 1.807) is 0 Å². The number of benzene rings is 1. The Morgan fingerprint density at radius 1 is 1.27 bits per heavy atom. The number of amides is 1. The Hall–Kier alpha value is -1.76. The molecule has 0 heterocycles. The molecule has 0 saturated heterocycles. The quantitative estimate of drug-likeness (QED) is 0.897. The van der Waals surface area contributed by atoms with E-state index in [0.29, 0.717) is 25.7 Å². The maximum absolute atomic E-state index is 12.6. The summed E-state index contributed by atoms with van der Waals surface area (Å²) in [6.07, 6.45) is -2.09. The van der Waals surface area contributed by atoms with Gasteiger partial charge in [-0.1, -0.05) is 6.07 Å². The largest absolute Gasteiger partial charge is 0.484 e. The molecule has 1 fully saturated rings. The first-order valence-electron chi connectivity index (χ1n) is 7.12. The van der Waals surface area contributed by atoms with Crippen molar-refractivity contribution in [3.63, 3.8) is 0 Å². The summed E-state index contributed by atoms with van der Waals surface area (Å²) in [6, 6.07) is 4.41. The average Bonchev–Trinajstić information content (AvgIpc) is 2.47. The van der Waals surface area contributed by atoms with Gasteiger partial charge in [0.2, 0.25) is 0 Å². The lowest BCUT2D eigenvalue weighted by molar-refractivity contribution is -0.137. The number of hydrogen-bond acceptors (Lipinski definition) is 3. The second-order valence-corrected chi connectivity index (χ2v) is 5.39. The fraction of sp³-hybridized carbons (Fsp3) is 0.533. The molecule has 1 aromatic rings. The molecule has 1 aromatic carbocycles. The molecule has 0 aromatic heterocycles. The number of hydrogen-bond donors (Lipinski definition) is 2. The van der Waals surface area contributed by atoms with Gasteiger partial charge in [0.05, 0.1) is 11.7 Å². The normalized spacial score (nSPS) is 22.2. The van der Waals surface area contributed by atoms with Crippen molar-refractivity contribution in [2.75, 3.05) is 6.61 Å². The number of aliphatic hydroxyl groups excluding tert-OH is 1. The summed E-state index contributed by atoms with van der Waals surface area (Å²) in [7, 11) is 0. The molecule has 0 bridgehead atoms. The Balaban J connectivity index is 1.81. The van der Waals surface area contributed by atoms with Crippen molar-refractivity contribution in [2.45, 2.75) is 44.0 Å². The van der Waals surface area contributed by atoms with Crippen LogP contribution < -0.4 is 10.1 Å². The van der Waals surface area contributed by atoms with Crippen LogP contribution >= 0.6 is 0 Å². The predicted octanol–water partition coefficient (Wildman–Crippen LogP) is 2.50. The molecule has 4 nitrogen and oxygen atoms in total. The van der Waals surface area contributed by atoms with Crippen molar-refractivity contribution >= 4 is 5.91 Å². The van der Waals surface area contributed by atoms with Gasteiger partial charge in [0.25, 0.3) is 5.91 Å². The number of rotatable bonds is 4. The molecular weight excluding hydrogens is 299 g/mol. The van der Waals surface area contributed by atoms with Gasteiger partial charge < -0.3 is 15.2 Å². The van der Waals surface area contributed by atoms with Crippen molar-refractivity contribution in [2.24, 2.45) is 0 Å². The monoisotopic (exact) mass is 317 g/mol. The van der Waals surface area contributed by atoms with Crippen LogP contribution in [0.4, 0.5) is 13.2 Å². The van der Waals surface area contributed by atoms with Crippen LogP contribution in [0.25, 0.3) is 0 Å². The number of halogens is 3. The van der Waals surface area contributed by atoms with Crippen LogP contribution in [0.2, 0.25) is 0 Å². The summed E-state index contributed by atoms with van der Waals surface area (Å²) in [6.45, 7) is -0.333. The molecule has 122 valence electrons. The minimum absolute atomic E-state index is 0.00374. The third kappa shape index (κ3) is 4.91. The third-order valence-corrected chi connectivity index (χ3v) is 3.59. The van der Waals surface area contributed by atoms with E-state index in [2.05, 4.69) is 5.32 Å². The van der Waals surface area contributed by atoms with Gasteiger partial charge in [0.15, 0.2) is 6.61 Å². The Kier molecular flexibility index (Phi) is 5.28. The van der Waals surface area contributed by atoms with E-state index in [4.69, 9.17) is 4.74 Å². The van der Waals surface area contributed by atoms with E-state index in [1.165, 1.54) is 12.1 Å². The van der Waals surface area contributed by atoms with Gasteiger partial charge in [-0.2, -0.15) is 13.2 Å². The summed E-state index contributed by atoms with van der Waals surface area (Å²) in [5.74, 6) is -0.372. The second kappa shape index (κ2) is 7.00. The summed E-state index contributed by atoms with van der Waals surface area (Å²) in [5.41, 5.74) is -0.813. The fourth-order valence-electron chi connectivity index (χ4n) is 2.40. The molecule has 0 spiro atoms. The Morgan fingerprint density at radius 3 is 2.59 bits per heavy atom. The van der Waals surface area contributed by atoms with Crippen molar-refractivity contribution in [1.29, 1.82) is 0 Å². The lowest BCUT2D eigenvalue weighted by Crippen LogP contribution is -2.40. The second-order valence-electron chi connectivity index (χ2n) is 5.39. The van der Waals surface area contributed by atoms with Crippen molar-refractivity contribution < 1.29 is 27.8 Å². The number of nitrogens with one attached hydrogen (secondary N) is 1. The maximum Gasteiger partial charge on any atom is 0.416 e. The minimum atomic E-state index is -4.44. The van der Waals surface area contributed by atoms with Crippen molar-refractivity contribution in [1.82, 2.24) is 5.32 Å².